The molecule has 1 heterocycles. The van der Waals surface area contributed by atoms with Crippen molar-refractivity contribution in [3.8, 4) is 16.9 Å². The van der Waals surface area contributed by atoms with Gasteiger partial charge >= 0.3 is 5.97 Å². The van der Waals surface area contributed by atoms with Crippen molar-refractivity contribution >= 4 is 22.8 Å². The van der Waals surface area contributed by atoms with Crippen molar-refractivity contribution in [1.82, 2.24) is 9.97 Å². The molecule has 0 unspecified atom stereocenters. The first-order valence-electron chi connectivity index (χ1n) is 7.93. The lowest BCUT2D eigenvalue weighted by atomic mass is 10.0. The van der Waals surface area contributed by atoms with Crippen LogP contribution in [0.5, 0.6) is 5.75 Å². The summed E-state index contributed by atoms with van der Waals surface area (Å²) in [6.45, 7) is 4.04. The zero-order chi connectivity index (χ0) is 18.0. The summed E-state index contributed by atoms with van der Waals surface area (Å²) in [5.41, 5.74) is 2.55. The van der Waals surface area contributed by atoms with Crippen molar-refractivity contribution in [3.63, 3.8) is 0 Å². The standard InChI is InChI=1S/C19H19N3O3/c1-11(2)21-19-20-10-14-8-15(17(25-3)9-16(14)22-19)12-5-4-6-13(7-12)18(23)24/h4-11H,1-3H3,(H,23,24)(H,20,21,22). The first-order valence-corrected chi connectivity index (χ1v) is 7.93. The molecule has 0 aliphatic rings. The van der Waals surface area contributed by atoms with Crippen LogP contribution in [0.3, 0.4) is 0 Å². The summed E-state index contributed by atoms with van der Waals surface area (Å²) in [5.74, 6) is 0.226. The highest BCUT2D eigenvalue weighted by molar-refractivity contribution is 5.92. The van der Waals surface area contributed by atoms with E-state index in [1.807, 2.05) is 32.0 Å². The molecule has 0 saturated heterocycles. The molecule has 0 bridgehead atoms. The van der Waals surface area contributed by atoms with Gasteiger partial charge in [-0.05, 0) is 37.6 Å². The van der Waals surface area contributed by atoms with E-state index < -0.39 is 5.97 Å². The van der Waals surface area contributed by atoms with Crippen molar-refractivity contribution in [2.75, 3.05) is 12.4 Å². The van der Waals surface area contributed by atoms with Crippen LogP contribution < -0.4 is 10.1 Å². The van der Waals surface area contributed by atoms with Gasteiger partial charge < -0.3 is 15.2 Å². The maximum atomic E-state index is 11.2. The monoisotopic (exact) mass is 337 g/mol. The van der Waals surface area contributed by atoms with Crippen LogP contribution in [-0.2, 0) is 0 Å². The van der Waals surface area contributed by atoms with Crippen LogP contribution in [0.2, 0.25) is 0 Å². The lowest BCUT2D eigenvalue weighted by molar-refractivity contribution is 0.0697. The number of nitrogens with one attached hydrogen (secondary N) is 1. The Bertz CT molecular complexity index is 938. The summed E-state index contributed by atoms with van der Waals surface area (Å²) in [7, 11) is 1.58. The summed E-state index contributed by atoms with van der Waals surface area (Å²) < 4.78 is 5.50. The molecule has 0 amide bonds. The lowest BCUT2D eigenvalue weighted by Gasteiger charge is -2.12. The molecule has 0 aliphatic heterocycles. The number of fused-ring (bicyclic) bond motifs is 1. The minimum absolute atomic E-state index is 0.229. The molecule has 2 aromatic carbocycles. The van der Waals surface area contributed by atoms with E-state index in [0.29, 0.717) is 11.7 Å². The summed E-state index contributed by atoms with van der Waals surface area (Å²) in [5, 5.41) is 13.2. The fourth-order valence-electron chi connectivity index (χ4n) is 2.60. The molecular formula is C19H19N3O3. The highest BCUT2D eigenvalue weighted by atomic mass is 16.5. The van der Waals surface area contributed by atoms with Gasteiger partial charge in [0, 0.05) is 29.3 Å². The number of aromatic nitrogens is 2. The first kappa shape index (κ1) is 16.7. The topological polar surface area (TPSA) is 84.3 Å². The van der Waals surface area contributed by atoms with Gasteiger partial charge in [-0.3, -0.25) is 0 Å². The van der Waals surface area contributed by atoms with Crippen LogP contribution in [0.1, 0.15) is 24.2 Å². The van der Waals surface area contributed by atoms with Gasteiger partial charge in [0.05, 0.1) is 18.2 Å². The number of hydrogen-bond acceptors (Lipinski definition) is 5. The minimum Gasteiger partial charge on any atom is -0.496 e. The third-order valence-electron chi connectivity index (χ3n) is 3.74. The molecule has 0 aliphatic carbocycles. The Hall–Kier alpha value is -3.15. The van der Waals surface area contributed by atoms with Gasteiger partial charge in [-0.15, -0.1) is 0 Å². The smallest absolute Gasteiger partial charge is 0.335 e. The van der Waals surface area contributed by atoms with E-state index in [9.17, 15) is 9.90 Å². The quantitative estimate of drug-likeness (QED) is 0.736. The highest BCUT2D eigenvalue weighted by Crippen LogP contribution is 2.34. The number of hydrogen-bond donors (Lipinski definition) is 2. The Morgan fingerprint density at radius 3 is 2.72 bits per heavy atom. The molecule has 6 nitrogen and oxygen atoms in total. The third-order valence-corrected chi connectivity index (χ3v) is 3.74. The van der Waals surface area contributed by atoms with Crippen LogP contribution in [0, 0.1) is 0 Å². The van der Waals surface area contributed by atoms with E-state index in [1.165, 1.54) is 0 Å². The van der Waals surface area contributed by atoms with E-state index in [-0.39, 0.29) is 11.6 Å². The summed E-state index contributed by atoms with van der Waals surface area (Å²) in [6.07, 6.45) is 1.75. The molecule has 3 aromatic rings. The van der Waals surface area contributed by atoms with Gasteiger partial charge in [0.25, 0.3) is 0 Å². The molecule has 128 valence electrons. The van der Waals surface area contributed by atoms with Crippen molar-refractivity contribution in [2.24, 2.45) is 0 Å². The number of carboxylic acids is 1. The maximum absolute atomic E-state index is 11.2. The summed E-state index contributed by atoms with van der Waals surface area (Å²) in [4.78, 5) is 20.1. The van der Waals surface area contributed by atoms with E-state index in [2.05, 4.69) is 15.3 Å². The number of rotatable bonds is 5. The molecule has 0 fully saturated rings. The maximum Gasteiger partial charge on any atom is 0.335 e. The van der Waals surface area contributed by atoms with Crippen molar-refractivity contribution < 1.29 is 14.6 Å². The summed E-state index contributed by atoms with van der Waals surface area (Å²) in [6, 6.07) is 10.7. The second kappa shape index (κ2) is 6.76. The zero-order valence-corrected chi connectivity index (χ0v) is 14.3. The minimum atomic E-state index is -0.964. The van der Waals surface area contributed by atoms with Gasteiger partial charge in [0.15, 0.2) is 0 Å². The fourth-order valence-corrected chi connectivity index (χ4v) is 2.60. The molecule has 25 heavy (non-hydrogen) atoms. The van der Waals surface area contributed by atoms with E-state index >= 15 is 0 Å². The molecule has 0 spiro atoms. The number of carbonyl (C=O) groups is 1. The number of carboxylic acid groups (broad SMARTS) is 1. The molecule has 1 aromatic heterocycles. The van der Waals surface area contributed by atoms with Crippen molar-refractivity contribution in [1.29, 1.82) is 0 Å². The Morgan fingerprint density at radius 2 is 2.04 bits per heavy atom. The average molecular weight is 337 g/mol. The molecule has 0 atom stereocenters. The molecular weight excluding hydrogens is 318 g/mol. The highest BCUT2D eigenvalue weighted by Gasteiger charge is 2.12. The van der Waals surface area contributed by atoms with Crippen LogP contribution >= 0.6 is 0 Å². The molecule has 2 N–H and O–H groups in total. The van der Waals surface area contributed by atoms with Crippen molar-refractivity contribution in [2.45, 2.75) is 19.9 Å². The van der Waals surface area contributed by atoms with Crippen LogP contribution in [0.25, 0.3) is 22.0 Å². The number of anilines is 1. The normalized spacial score (nSPS) is 10.9. The van der Waals surface area contributed by atoms with Gasteiger partial charge in [-0.25, -0.2) is 14.8 Å². The second-order valence-electron chi connectivity index (χ2n) is 5.99. The van der Waals surface area contributed by atoms with Crippen LogP contribution in [0.4, 0.5) is 5.95 Å². The Labute approximate surface area is 145 Å². The van der Waals surface area contributed by atoms with E-state index in [4.69, 9.17) is 4.74 Å². The van der Waals surface area contributed by atoms with E-state index in [1.54, 1.807) is 31.5 Å². The van der Waals surface area contributed by atoms with Gasteiger partial charge in [-0.1, -0.05) is 12.1 Å². The van der Waals surface area contributed by atoms with Gasteiger partial charge in [0.2, 0.25) is 5.95 Å². The predicted octanol–water partition coefficient (Wildman–Crippen LogP) is 3.82. The number of ether oxygens (including phenoxy) is 1. The van der Waals surface area contributed by atoms with Gasteiger partial charge in [-0.2, -0.15) is 0 Å². The largest absolute Gasteiger partial charge is 0.496 e. The third kappa shape index (κ3) is 3.52. The van der Waals surface area contributed by atoms with Crippen LogP contribution in [0.15, 0.2) is 42.6 Å². The predicted molar refractivity (Wildman–Crippen MR) is 97.2 cm³/mol. The molecule has 3 rings (SSSR count). The Morgan fingerprint density at radius 1 is 1.24 bits per heavy atom. The Kier molecular flexibility index (Phi) is 4.52. The number of nitrogens with zero attached hydrogens (tertiary/aromatic N) is 2. The average Bonchev–Trinajstić information content (AvgIpc) is 2.60. The van der Waals surface area contributed by atoms with E-state index in [0.717, 1.165) is 22.0 Å². The number of aromatic carboxylic acids is 1. The zero-order valence-electron chi connectivity index (χ0n) is 14.3. The molecule has 0 saturated carbocycles. The fraction of sp³-hybridized carbons (Fsp3) is 0.211. The van der Waals surface area contributed by atoms with Gasteiger partial charge in [0.1, 0.15) is 5.75 Å². The second-order valence-corrected chi connectivity index (χ2v) is 5.99. The van der Waals surface area contributed by atoms with Crippen molar-refractivity contribution in [3.05, 3.63) is 48.2 Å². The Balaban J connectivity index is 2.12. The number of methoxy groups -OCH3 is 1. The molecule has 6 heteroatoms. The first-order chi connectivity index (χ1) is 12.0. The SMILES string of the molecule is COc1cc2nc(NC(C)C)ncc2cc1-c1cccc(C(=O)O)c1. The summed E-state index contributed by atoms with van der Waals surface area (Å²) >= 11 is 0. The number of benzene rings is 2. The lowest BCUT2D eigenvalue weighted by Crippen LogP contribution is -2.12. The molecule has 0 radical (unpaired) electrons. The van der Waals surface area contributed by atoms with Crippen LogP contribution in [-0.4, -0.2) is 34.2 Å².